The lowest BCUT2D eigenvalue weighted by molar-refractivity contribution is -0.106. The van der Waals surface area contributed by atoms with Crippen molar-refractivity contribution in [3.63, 3.8) is 0 Å². The third-order valence-electron chi connectivity index (χ3n) is 2.93. The van der Waals surface area contributed by atoms with Gasteiger partial charge in [0.25, 0.3) is 0 Å². The van der Waals surface area contributed by atoms with E-state index >= 15 is 0 Å². The monoisotopic (exact) mass is 413 g/mol. The maximum atomic E-state index is 11.5. The Bertz CT molecular complexity index is 786. The van der Waals surface area contributed by atoms with E-state index in [0.29, 0.717) is 5.02 Å². The van der Waals surface area contributed by atoms with Crippen LogP contribution in [0.1, 0.15) is 0 Å². The Balaban J connectivity index is 2.17. The molecule has 100 valence electrons. The summed E-state index contributed by atoms with van der Waals surface area (Å²) in [5, 5.41) is 2.35. The molecule has 2 nitrogen and oxygen atoms in total. The van der Waals surface area contributed by atoms with Crippen LogP contribution in [-0.4, -0.2) is 6.41 Å². The van der Waals surface area contributed by atoms with Crippen molar-refractivity contribution in [2.75, 3.05) is 4.90 Å². The molecule has 1 aromatic heterocycles. The smallest absolute Gasteiger partial charge is 0.219 e. The minimum Gasteiger partial charge on any atom is -0.278 e. The van der Waals surface area contributed by atoms with Crippen molar-refractivity contribution in [3.05, 3.63) is 57.1 Å². The number of hydrogen-bond donors (Lipinski definition) is 0. The van der Waals surface area contributed by atoms with Crippen molar-refractivity contribution in [3.8, 4) is 0 Å². The second-order valence-electron chi connectivity index (χ2n) is 4.17. The molecule has 0 aliphatic heterocycles. The van der Waals surface area contributed by atoms with E-state index in [-0.39, 0.29) is 0 Å². The number of carbonyl (C=O) groups is 1. The molecular weight excluding hydrogens is 405 g/mol. The van der Waals surface area contributed by atoms with E-state index in [1.54, 1.807) is 4.90 Å². The second kappa shape index (κ2) is 5.71. The molecule has 0 bridgehead atoms. The van der Waals surface area contributed by atoms with Gasteiger partial charge in [-0.25, -0.2) is 0 Å². The summed E-state index contributed by atoms with van der Waals surface area (Å²) in [7, 11) is 0. The molecule has 1 amide bonds. The first-order valence-corrected chi connectivity index (χ1v) is 8.15. The number of benzene rings is 2. The van der Waals surface area contributed by atoms with Crippen LogP contribution in [0.2, 0.25) is 5.02 Å². The van der Waals surface area contributed by atoms with E-state index in [1.807, 2.05) is 48.5 Å². The van der Waals surface area contributed by atoms with Crippen LogP contribution in [0.4, 0.5) is 10.7 Å². The second-order valence-corrected chi connectivity index (χ2v) is 6.83. The van der Waals surface area contributed by atoms with E-state index in [2.05, 4.69) is 22.6 Å². The summed E-state index contributed by atoms with van der Waals surface area (Å²) in [6, 6.07) is 15.7. The van der Waals surface area contributed by atoms with E-state index in [1.165, 1.54) is 11.3 Å². The van der Waals surface area contributed by atoms with Gasteiger partial charge in [0.05, 0.1) is 10.7 Å². The molecule has 0 aliphatic rings. The number of anilines is 2. The van der Waals surface area contributed by atoms with Gasteiger partial charge < -0.3 is 0 Å². The third-order valence-corrected chi connectivity index (χ3v) is 5.26. The van der Waals surface area contributed by atoms with E-state index < -0.39 is 0 Å². The van der Waals surface area contributed by atoms with Crippen LogP contribution in [0.25, 0.3) is 10.1 Å². The predicted octanol–water partition coefficient (Wildman–Crippen LogP) is 5.45. The fourth-order valence-electron chi connectivity index (χ4n) is 2.01. The standard InChI is InChI=1S/C15H9ClINOS/c16-14-12-6-1-2-7-13(12)20-15(14)18(9-19)11-5-3-4-10(17)8-11/h1-9H. The SMILES string of the molecule is O=CN(c1cccc(I)c1)c1sc2ccccc2c1Cl. The van der Waals surface area contributed by atoms with Gasteiger partial charge >= 0.3 is 0 Å². The maximum Gasteiger partial charge on any atom is 0.219 e. The van der Waals surface area contributed by atoms with E-state index in [4.69, 9.17) is 11.6 Å². The lowest BCUT2D eigenvalue weighted by Crippen LogP contribution is -2.12. The third kappa shape index (κ3) is 2.43. The molecule has 0 N–H and O–H groups in total. The Hall–Kier alpha value is -1.11. The molecular formula is C15H9ClINOS. The number of hydrogen-bond acceptors (Lipinski definition) is 2. The first kappa shape index (κ1) is 13.9. The summed E-state index contributed by atoms with van der Waals surface area (Å²) >= 11 is 10.2. The number of thiophene rings is 1. The Morgan fingerprint density at radius 3 is 2.65 bits per heavy atom. The van der Waals surface area contributed by atoms with Gasteiger partial charge in [0.2, 0.25) is 6.41 Å². The van der Waals surface area contributed by atoms with Crippen molar-refractivity contribution in [1.82, 2.24) is 0 Å². The number of nitrogens with zero attached hydrogens (tertiary/aromatic N) is 1. The van der Waals surface area contributed by atoms with Crippen LogP contribution in [0, 0.1) is 3.57 Å². The minimum absolute atomic E-state index is 0.622. The Morgan fingerprint density at radius 1 is 1.15 bits per heavy atom. The molecule has 3 aromatic rings. The van der Waals surface area contributed by atoms with Gasteiger partial charge in [0.15, 0.2) is 0 Å². The normalized spacial score (nSPS) is 10.7. The molecule has 3 rings (SSSR count). The van der Waals surface area contributed by atoms with Crippen molar-refractivity contribution in [1.29, 1.82) is 0 Å². The average molecular weight is 414 g/mol. The number of rotatable bonds is 3. The van der Waals surface area contributed by atoms with Gasteiger partial charge in [0.1, 0.15) is 5.00 Å². The molecule has 20 heavy (non-hydrogen) atoms. The largest absolute Gasteiger partial charge is 0.278 e. The molecule has 0 fully saturated rings. The van der Waals surface area contributed by atoms with Crippen LogP contribution in [0.3, 0.4) is 0 Å². The highest BCUT2D eigenvalue weighted by Gasteiger charge is 2.17. The van der Waals surface area contributed by atoms with Crippen molar-refractivity contribution in [2.45, 2.75) is 0 Å². The molecule has 5 heteroatoms. The molecule has 0 saturated heterocycles. The Labute approximate surface area is 139 Å². The Morgan fingerprint density at radius 2 is 1.95 bits per heavy atom. The fraction of sp³-hybridized carbons (Fsp3) is 0. The highest BCUT2D eigenvalue weighted by atomic mass is 127. The number of carbonyl (C=O) groups excluding carboxylic acids is 1. The first-order valence-electron chi connectivity index (χ1n) is 5.88. The van der Waals surface area contributed by atoms with Gasteiger partial charge in [-0.2, -0.15) is 0 Å². The summed E-state index contributed by atoms with van der Waals surface area (Å²) < 4.78 is 2.15. The van der Waals surface area contributed by atoms with Crippen molar-refractivity contribution >= 4 is 72.7 Å². The lowest BCUT2D eigenvalue weighted by atomic mass is 10.2. The zero-order chi connectivity index (χ0) is 14.1. The molecule has 0 saturated carbocycles. The van der Waals surface area contributed by atoms with Gasteiger partial charge in [0, 0.05) is 13.7 Å². The fourth-order valence-corrected chi connectivity index (χ4v) is 4.04. The highest BCUT2D eigenvalue weighted by Crippen LogP contribution is 2.43. The summed E-state index contributed by atoms with van der Waals surface area (Å²) in [5.41, 5.74) is 0.820. The molecule has 2 aromatic carbocycles. The predicted molar refractivity (Wildman–Crippen MR) is 94.2 cm³/mol. The van der Waals surface area contributed by atoms with Gasteiger partial charge in [-0.3, -0.25) is 9.69 Å². The number of fused-ring (bicyclic) bond motifs is 1. The van der Waals surface area contributed by atoms with E-state index in [9.17, 15) is 4.79 Å². The molecule has 0 unspecified atom stereocenters. The van der Waals surface area contributed by atoms with Crippen LogP contribution in [-0.2, 0) is 4.79 Å². The quantitative estimate of drug-likeness (QED) is 0.413. The summed E-state index contributed by atoms with van der Waals surface area (Å²) in [5.74, 6) is 0. The van der Waals surface area contributed by atoms with E-state index in [0.717, 1.165) is 30.8 Å². The number of halogens is 2. The average Bonchev–Trinajstić information content (AvgIpc) is 2.78. The minimum atomic E-state index is 0.622. The highest BCUT2D eigenvalue weighted by molar-refractivity contribution is 14.1. The summed E-state index contributed by atoms with van der Waals surface area (Å²) in [6.45, 7) is 0. The number of amides is 1. The summed E-state index contributed by atoms with van der Waals surface area (Å²) in [6.07, 6.45) is 0.808. The van der Waals surface area contributed by atoms with Crippen molar-refractivity contribution in [2.24, 2.45) is 0 Å². The van der Waals surface area contributed by atoms with Gasteiger partial charge in [-0.1, -0.05) is 35.9 Å². The molecule has 0 spiro atoms. The summed E-state index contributed by atoms with van der Waals surface area (Å²) in [4.78, 5) is 13.1. The van der Waals surface area contributed by atoms with Gasteiger partial charge in [-0.15, -0.1) is 11.3 Å². The Kier molecular flexibility index (Phi) is 3.96. The molecule has 1 heterocycles. The van der Waals surface area contributed by atoms with Gasteiger partial charge in [-0.05, 0) is 46.9 Å². The topological polar surface area (TPSA) is 20.3 Å². The molecule has 0 atom stereocenters. The molecule has 0 aliphatic carbocycles. The van der Waals surface area contributed by atoms with Crippen LogP contribution in [0.15, 0.2) is 48.5 Å². The molecule has 0 radical (unpaired) electrons. The lowest BCUT2D eigenvalue weighted by Gasteiger charge is -2.16. The van der Waals surface area contributed by atoms with Crippen LogP contribution >= 0.6 is 45.5 Å². The maximum absolute atomic E-state index is 11.5. The first-order chi connectivity index (χ1) is 9.70. The van der Waals surface area contributed by atoms with Crippen LogP contribution in [0.5, 0.6) is 0 Å². The van der Waals surface area contributed by atoms with Crippen LogP contribution < -0.4 is 4.90 Å². The zero-order valence-corrected chi connectivity index (χ0v) is 13.9. The zero-order valence-electron chi connectivity index (χ0n) is 10.2. The van der Waals surface area contributed by atoms with Crippen molar-refractivity contribution < 1.29 is 4.79 Å².